The van der Waals surface area contributed by atoms with Crippen LogP contribution in [0.5, 0.6) is 0 Å². The summed E-state index contributed by atoms with van der Waals surface area (Å²) in [7, 11) is 0. The van der Waals surface area contributed by atoms with Crippen LogP contribution in [0.4, 0.5) is 11.6 Å². The summed E-state index contributed by atoms with van der Waals surface area (Å²) in [6.07, 6.45) is 3.28. The number of hydrogen-bond donors (Lipinski definition) is 2. The molecule has 0 saturated carbocycles. The fraction of sp³-hybridized carbons (Fsp3) is 0.0833. The Labute approximate surface area is 193 Å². The zero-order valence-corrected chi connectivity index (χ0v) is 18.7. The van der Waals surface area contributed by atoms with Gasteiger partial charge in [0.1, 0.15) is 6.04 Å². The summed E-state index contributed by atoms with van der Waals surface area (Å²) in [6, 6.07) is 20.8. The van der Waals surface area contributed by atoms with E-state index in [4.69, 9.17) is 10.1 Å². The minimum atomic E-state index is -0.444. The highest BCUT2D eigenvalue weighted by atomic mass is 79.9. The van der Waals surface area contributed by atoms with Crippen molar-refractivity contribution in [3.05, 3.63) is 100 Å². The summed E-state index contributed by atoms with van der Waals surface area (Å²) < 4.78 is 2.73. The number of halogens is 1. The van der Waals surface area contributed by atoms with Crippen molar-refractivity contribution < 1.29 is 4.79 Å². The van der Waals surface area contributed by atoms with Crippen molar-refractivity contribution >= 4 is 33.5 Å². The molecule has 158 valence electrons. The Morgan fingerprint density at radius 1 is 1.06 bits per heavy atom. The van der Waals surface area contributed by atoms with Crippen molar-refractivity contribution in [1.29, 1.82) is 0 Å². The lowest BCUT2D eigenvalue weighted by Crippen LogP contribution is -2.31. The van der Waals surface area contributed by atoms with Crippen molar-refractivity contribution in [2.24, 2.45) is 0 Å². The summed E-state index contributed by atoms with van der Waals surface area (Å²) in [5, 5.41) is 11.0. The molecule has 4 aromatic rings. The molecule has 1 atom stereocenters. The van der Waals surface area contributed by atoms with Gasteiger partial charge in [0, 0.05) is 21.9 Å². The van der Waals surface area contributed by atoms with Gasteiger partial charge in [-0.3, -0.25) is 9.78 Å². The molecule has 8 heteroatoms. The van der Waals surface area contributed by atoms with E-state index in [-0.39, 0.29) is 5.91 Å². The monoisotopic (exact) mass is 486 g/mol. The van der Waals surface area contributed by atoms with Crippen molar-refractivity contribution in [3.8, 4) is 11.4 Å². The highest BCUT2D eigenvalue weighted by Crippen LogP contribution is 2.37. The maximum atomic E-state index is 13.4. The van der Waals surface area contributed by atoms with Crippen LogP contribution in [-0.2, 0) is 4.79 Å². The number of nitrogens with one attached hydrogen (secondary N) is 2. The summed E-state index contributed by atoms with van der Waals surface area (Å²) in [5.74, 6) is 0.961. The maximum Gasteiger partial charge on any atom is 0.255 e. The smallest absolute Gasteiger partial charge is 0.255 e. The van der Waals surface area contributed by atoms with E-state index in [9.17, 15) is 4.79 Å². The fourth-order valence-corrected chi connectivity index (χ4v) is 4.01. The van der Waals surface area contributed by atoms with Crippen molar-refractivity contribution in [2.45, 2.75) is 13.0 Å². The quantitative estimate of drug-likeness (QED) is 0.422. The molecule has 1 amide bonds. The first-order valence-electron chi connectivity index (χ1n) is 10.1. The Kier molecular flexibility index (Phi) is 5.28. The normalized spacial score (nSPS) is 15.1. The van der Waals surface area contributed by atoms with Crippen LogP contribution in [0.15, 0.2) is 94.9 Å². The van der Waals surface area contributed by atoms with Crippen molar-refractivity contribution in [2.75, 3.05) is 10.6 Å². The molecule has 32 heavy (non-hydrogen) atoms. The minimum absolute atomic E-state index is 0.224. The predicted octanol–water partition coefficient (Wildman–Crippen LogP) is 5.03. The average Bonchev–Trinajstić information content (AvgIpc) is 3.23. The Morgan fingerprint density at radius 3 is 2.56 bits per heavy atom. The molecule has 2 aromatic heterocycles. The summed E-state index contributed by atoms with van der Waals surface area (Å²) in [5.41, 5.74) is 3.75. The van der Waals surface area contributed by atoms with E-state index >= 15 is 0 Å². The van der Waals surface area contributed by atoms with E-state index < -0.39 is 6.04 Å². The van der Waals surface area contributed by atoms with Gasteiger partial charge in [0.25, 0.3) is 5.91 Å². The number of allylic oxidation sites excluding steroid dienone is 1. The molecule has 0 bridgehead atoms. The maximum absolute atomic E-state index is 13.4. The minimum Gasteiger partial charge on any atom is -0.328 e. The lowest BCUT2D eigenvalue weighted by Gasteiger charge is -2.28. The molecule has 7 nitrogen and oxygen atoms in total. The summed E-state index contributed by atoms with van der Waals surface area (Å²) in [6.45, 7) is 1.88. The third-order valence-corrected chi connectivity index (χ3v) is 5.76. The van der Waals surface area contributed by atoms with E-state index in [0.29, 0.717) is 23.0 Å². The summed E-state index contributed by atoms with van der Waals surface area (Å²) >= 11 is 3.49. The Hall–Kier alpha value is -3.78. The molecule has 2 aromatic carbocycles. The molecule has 0 aliphatic carbocycles. The highest BCUT2D eigenvalue weighted by Gasteiger charge is 2.34. The van der Waals surface area contributed by atoms with Crippen LogP contribution in [0.3, 0.4) is 0 Å². The molecule has 2 N–H and O–H groups in total. The van der Waals surface area contributed by atoms with E-state index in [2.05, 4.69) is 31.5 Å². The first kappa shape index (κ1) is 20.1. The van der Waals surface area contributed by atoms with Crippen molar-refractivity contribution in [1.82, 2.24) is 19.7 Å². The van der Waals surface area contributed by atoms with Gasteiger partial charge in [-0.1, -0.05) is 58.4 Å². The van der Waals surface area contributed by atoms with E-state index in [1.165, 1.54) is 0 Å². The van der Waals surface area contributed by atoms with Gasteiger partial charge in [-0.15, -0.1) is 5.10 Å². The lowest BCUT2D eigenvalue weighted by molar-refractivity contribution is -0.113. The van der Waals surface area contributed by atoms with Crippen molar-refractivity contribution in [3.63, 3.8) is 0 Å². The number of fused-ring (bicyclic) bond motifs is 1. The van der Waals surface area contributed by atoms with Gasteiger partial charge >= 0.3 is 0 Å². The fourth-order valence-electron chi connectivity index (χ4n) is 3.74. The number of nitrogens with zero attached hydrogens (tertiary/aromatic N) is 4. The van der Waals surface area contributed by atoms with Crippen LogP contribution in [-0.4, -0.2) is 25.7 Å². The standard InChI is InChI=1S/C24H19BrN6O/c1-15-20(23(32)28-19-8-5-13-26-14-19)21(16-9-11-18(25)12-10-16)31-24(27-15)29-22(30-31)17-6-3-2-4-7-17/h2-14,21H,1H3,(H,28,32)(H,27,29,30)/t21-/m1/s1. The van der Waals surface area contributed by atoms with Crippen LogP contribution in [0.25, 0.3) is 11.4 Å². The molecule has 1 aliphatic rings. The Morgan fingerprint density at radius 2 is 1.84 bits per heavy atom. The zero-order chi connectivity index (χ0) is 22.1. The van der Waals surface area contributed by atoms with E-state index in [1.54, 1.807) is 29.2 Å². The van der Waals surface area contributed by atoms with Crippen LogP contribution < -0.4 is 10.6 Å². The zero-order valence-electron chi connectivity index (χ0n) is 17.2. The highest BCUT2D eigenvalue weighted by molar-refractivity contribution is 9.10. The molecule has 0 spiro atoms. The lowest BCUT2D eigenvalue weighted by atomic mass is 9.95. The first-order chi connectivity index (χ1) is 15.6. The van der Waals surface area contributed by atoms with E-state index in [0.717, 1.165) is 21.3 Å². The van der Waals surface area contributed by atoms with Crippen LogP contribution >= 0.6 is 15.9 Å². The van der Waals surface area contributed by atoms with Gasteiger partial charge < -0.3 is 10.6 Å². The van der Waals surface area contributed by atoms with Crippen LogP contribution in [0.1, 0.15) is 18.5 Å². The second-order valence-electron chi connectivity index (χ2n) is 7.38. The topological polar surface area (TPSA) is 84.7 Å². The molecule has 0 unspecified atom stereocenters. The van der Waals surface area contributed by atoms with Crippen LogP contribution in [0.2, 0.25) is 0 Å². The summed E-state index contributed by atoms with van der Waals surface area (Å²) in [4.78, 5) is 22.2. The number of carbonyl (C=O) groups is 1. The molecule has 0 fully saturated rings. The largest absolute Gasteiger partial charge is 0.328 e. The number of rotatable bonds is 4. The first-order valence-corrected chi connectivity index (χ1v) is 10.9. The SMILES string of the molecule is CC1=C(C(=O)Nc2cccnc2)[C@@H](c2ccc(Br)cc2)n2nc(-c3ccccc3)nc2N1. The molecule has 0 saturated heterocycles. The van der Waals surface area contributed by atoms with Gasteiger partial charge in [-0.05, 0) is 36.8 Å². The molecule has 0 radical (unpaired) electrons. The van der Waals surface area contributed by atoms with Gasteiger partial charge in [0.05, 0.1) is 17.5 Å². The molecule has 5 rings (SSSR count). The third-order valence-electron chi connectivity index (χ3n) is 5.23. The molecular formula is C24H19BrN6O. The van der Waals surface area contributed by atoms with Gasteiger partial charge in [-0.25, -0.2) is 4.68 Å². The van der Waals surface area contributed by atoms with Gasteiger partial charge in [-0.2, -0.15) is 4.98 Å². The van der Waals surface area contributed by atoms with E-state index in [1.807, 2.05) is 61.5 Å². The number of benzene rings is 2. The van der Waals surface area contributed by atoms with Crippen LogP contribution in [0, 0.1) is 0 Å². The third kappa shape index (κ3) is 3.80. The second kappa shape index (κ2) is 8.39. The molecular weight excluding hydrogens is 468 g/mol. The molecule has 3 heterocycles. The number of aromatic nitrogens is 4. The number of amides is 1. The second-order valence-corrected chi connectivity index (χ2v) is 8.30. The number of carbonyl (C=O) groups excluding carboxylic acids is 1. The Bertz CT molecular complexity index is 1300. The number of hydrogen-bond acceptors (Lipinski definition) is 5. The Balaban J connectivity index is 1.60. The van der Waals surface area contributed by atoms with Gasteiger partial charge in [0.2, 0.25) is 5.95 Å². The average molecular weight is 487 g/mol. The van der Waals surface area contributed by atoms with Gasteiger partial charge in [0.15, 0.2) is 5.82 Å². The predicted molar refractivity (Wildman–Crippen MR) is 127 cm³/mol. The number of anilines is 2. The number of pyridine rings is 1. The molecule has 1 aliphatic heterocycles.